The number of carbonyl (C=O) groups excluding carboxylic acids is 1. The maximum absolute atomic E-state index is 11.4. The van der Waals surface area contributed by atoms with Crippen LogP contribution in [0.15, 0.2) is 24.3 Å². The smallest absolute Gasteiger partial charge is 0.251 e. The van der Waals surface area contributed by atoms with Crippen molar-refractivity contribution >= 4 is 17.4 Å². The van der Waals surface area contributed by atoms with Gasteiger partial charge in [-0.15, -0.1) is 0 Å². The van der Waals surface area contributed by atoms with Crippen molar-refractivity contribution in [1.29, 1.82) is 0 Å². The van der Waals surface area contributed by atoms with Gasteiger partial charge in [0.1, 0.15) is 18.2 Å². The van der Waals surface area contributed by atoms with E-state index in [-0.39, 0.29) is 5.91 Å². The molecule has 0 radical (unpaired) electrons. The Labute approximate surface area is 122 Å². The van der Waals surface area contributed by atoms with Crippen LogP contribution in [0.1, 0.15) is 41.0 Å². The number of ether oxygens (including phenoxy) is 1. The fourth-order valence-electron chi connectivity index (χ4n) is 1.55. The lowest BCUT2D eigenvalue weighted by Gasteiger charge is -2.05. The van der Waals surface area contributed by atoms with E-state index in [1.807, 2.05) is 0 Å². The molecule has 0 atom stereocenters. The second kappa shape index (κ2) is 6.47. The van der Waals surface area contributed by atoms with E-state index in [4.69, 9.17) is 4.74 Å². The zero-order valence-corrected chi connectivity index (χ0v) is 12.5. The molecule has 1 aromatic heterocycles. The molecular formula is C14H17N3O2S. The normalized spacial score (nSPS) is 10.6. The van der Waals surface area contributed by atoms with Gasteiger partial charge < -0.3 is 10.1 Å². The van der Waals surface area contributed by atoms with Crippen molar-refractivity contribution in [3.63, 3.8) is 0 Å². The van der Waals surface area contributed by atoms with Crippen LogP contribution in [-0.4, -0.2) is 22.3 Å². The highest BCUT2D eigenvalue weighted by Gasteiger charge is 2.08. The molecule has 0 saturated heterocycles. The Balaban J connectivity index is 1.95. The Morgan fingerprint density at radius 1 is 1.35 bits per heavy atom. The molecule has 0 unspecified atom stereocenters. The summed E-state index contributed by atoms with van der Waals surface area (Å²) in [5.74, 6) is 1.77. The number of carbonyl (C=O) groups is 1. The Kier molecular flexibility index (Phi) is 4.68. The number of hydrogen-bond donors (Lipinski definition) is 1. The van der Waals surface area contributed by atoms with Crippen molar-refractivity contribution in [1.82, 2.24) is 14.7 Å². The quantitative estimate of drug-likeness (QED) is 0.919. The molecule has 1 amide bonds. The lowest BCUT2D eigenvalue weighted by Crippen LogP contribution is -2.17. The molecule has 0 aliphatic heterocycles. The molecule has 1 N–H and O–H groups in total. The third kappa shape index (κ3) is 3.54. The molecule has 2 rings (SSSR count). The van der Waals surface area contributed by atoms with Crippen LogP contribution in [0.5, 0.6) is 5.75 Å². The summed E-state index contributed by atoms with van der Waals surface area (Å²) >= 11 is 1.36. The molecule has 2 aromatic rings. The van der Waals surface area contributed by atoms with Gasteiger partial charge in [0, 0.05) is 18.5 Å². The molecule has 20 heavy (non-hydrogen) atoms. The van der Waals surface area contributed by atoms with E-state index in [2.05, 4.69) is 28.5 Å². The molecule has 0 bridgehead atoms. The second-order valence-corrected chi connectivity index (χ2v) is 5.43. The minimum Gasteiger partial charge on any atom is -0.486 e. The highest BCUT2D eigenvalue weighted by molar-refractivity contribution is 7.05. The Morgan fingerprint density at radius 2 is 2.05 bits per heavy atom. The highest BCUT2D eigenvalue weighted by Crippen LogP contribution is 2.17. The molecular weight excluding hydrogens is 274 g/mol. The van der Waals surface area contributed by atoms with E-state index in [9.17, 15) is 4.79 Å². The highest BCUT2D eigenvalue weighted by atomic mass is 32.1. The topological polar surface area (TPSA) is 64.1 Å². The Bertz CT molecular complexity index is 578. The minimum atomic E-state index is -0.109. The van der Waals surface area contributed by atoms with Gasteiger partial charge in [-0.05, 0) is 35.8 Å². The Hall–Kier alpha value is -1.95. The van der Waals surface area contributed by atoms with Gasteiger partial charge in [-0.3, -0.25) is 4.79 Å². The molecule has 1 heterocycles. The maximum Gasteiger partial charge on any atom is 0.251 e. The second-order valence-electron chi connectivity index (χ2n) is 4.59. The first kappa shape index (κ1) is 14.5. The van der Waals surface area contributed by atoms with E-state index in [0.717, 1.165) is 10.8 Å². The number of nitrogens with one attached hydrogen (secondary N) is 1. The van der Waals surface area contributed by atoms with Gasteiger partial charge >= 0.3 is 0 Å². The van der Waals surface area contributed by atoms with Crippen molar-refractivity contribution in [2.75, 3.05) is 7.05 Å². The van der Waals surface area contributed by atoms with Gasteiger partial charge in [0.2, 0.25) is 0 Å². The van der Waals surface area contributed by atoms with E-state index in [0.29, 0.717) is 23.8 Å². The van der Waals surface area contributed by atoms with E-state index in [1.54, 1.807) is 31.3 Å². The monoisotopic (exact) mass is 291 g/mol. The molecule has 0 aliphatic carbocycles. The number of benzene rings is 1. The summed E-state index contributed by atoms with van der Waals surface area (Å²) in [6, 6.07) is 7.01. The molecule has 5 nitrogen and oxygen atoms in total. The summed E-state index contributed by atoms with van der Waals surface area (Å²) in [6.45, 7) is 4.51. The fourth-order valence-corrected chi connectivity index (χ4v) is 2.25. The van der Waals surface area contributed by atoms with Gasteiger partial charge in [-0.1, -0.05) is 13.8 Å². The SMILES string of the molecule is CNC(=O)c1ccc(OCc2nc(C(C)C)ns2)cc1. The van der Waals surface area contributed by atoms with Crippen LogP contribution in [0.4, 0.5) is 0 Å². The molecule has 0 saturated carbocycles. The van der Waals surface area contributed by atoms with Gasteiger partial charge in [0.05, 0.1) is 0 Å². The van der Waals surface area contributed by atoms with Gasteiger partial charge in [0.15, 0.2) is 5.01 Å². The van der Waals surface area contributed by atoms with Gasteiger partial charge in [0.25, 0.3) is 5.91 Å². The summed E-state index contributed by atoms with van der Waals surface area (Å²) in [5.41, 5.74) is 0.609. The van der Waals surface area contributed by atoms with Crippen LogP contribution in [0.2, 0.25) is 0 Å². The van der Waals surface area contributed by atoms with E-state index < -0.39 is 0 Å². The number of amides is 1. The van der Waals surface area contributed by atoms with Crippen LogP contribution < -0.4 is 10.1 Å². The van der Waals surface area contributed by atoms with Crippen molar-refractivity contribution in [3.05, 3.63) is 40.7 Å². The van der Waals surface area contributed by atoms with E-state index in [1.165, 1.54) is 11.5 Å². The number of hydrogen-bond acceptors (Lipinski definition) is 5. The zero-order valence-electron chi connectivity index (χ0n) is 11.7. The summed E-state index contributed by atoms with van der Waals surface area (Å²) in [4.78, 5) is 15.8. The third-order valence-electron chi connectivity index (χ3n) is 2.71. The van der Waals surface area contributed by atoms with Crippen LogP contribution in [0.3, 0.4) is 0 Å². The minimum absolute atomic E-state index is 0.109. The van der Waals surface area contributed by atoms with Crippen LogP contribution in [0, 0.1) is 0 Å². The first-order chi connectivity index (χ1) is 9.60. The predicted molar refractivity (Wildman–Crippen MR) is 78.2 cm³/mol. The van der Waals surface area contributed by atoms with Gasteiger partial charge in [-0.2, -0.15) is 4.37 Å². The molecule has 106 valence electrons. The third-order valence-corrected chi connectivity index (χ3v) is 3.40. The summed E-state index contributed by atoms with van der Waals surface area (Å²) in [6.07, 6.45) is 0. The van der Waals surface area contributed by atoms with Crippen molar-refractivity contribution in [2.24, 2.45) is 0 Å². The molecule has 0 aliphatic rings. The first-order valence-corrected chi connectivity index (χ1v) is 7.15. The average Bonchev–Trinajstić information content (AvgIpc) is 2.94. The summed E-state index contributed by atoms with van der Waals surface area (Å²) in [5, 5.41) is 3.43. The number of rotatable bonds is 5. The fraction of sp³-hybridized carbons (Fsp3) is 0.357. The van der Waals surface area contributed by atoms with Crippen molar-refractivity contribution < 1.29 is 9.53 Å². The lowest BCUT2D eigenvalue weighted by molar-refractivity contribution is 0.0963. The lowest BCUT2D eigenvalue weighted by atomic mass is 10.2. The molecule has 1 aromatic carbocycles. The first-order valence-electron chi connectivity index (χ1n) is 6.37. The number of aromatic nitrogens is 2. The average molecular weight is 291 g/mol. The zero-order chi connectivity index (χ0) is 14.5. The van der Waals surface area contributed by atoms with Crippen LogP contribution in [0.25, 0.3) is 0 Å². The predicted octanol–water partition coefficient (Wildman–Crippen LogP) is 2.60. The molecule has 0 fully saturated rings. The van der Waals surface area contributed by atoms with Crippen molar-refractivity contribution in [3.8, 4) is 5.75 Å². The molecule has 6 heteroatoms. The molecule has 0 spiro atoms. The standard InChI is InChI=1S/C14H17N3O2S/c1-9(2)13-16-12(20-17-13)8-19-11-6-4-10(5-7-11)14(18)15-3/h4-7,9H,8H2,1-3H3,(H,15,18). The maximum atomic E-state index is 11.4. The largest absolute Gasteiger partial charge is 0.486 e. The summed E-state index contributed by atoms with van der Waals surface area (Å²) < 4.78 is 9.90. The van der Waals surface area contributed by atoms with Crippen molar-refractivity contribution in [2.45, 2.75) is 26.4 Å². The summed E-state index contributed by atoms with van der Waals surface area (Å²) in [7, 11) is 1.61. The van der Waals surface area contributed by atoms with Crippen LogP contribution in [-0.2, 0) is 6.61 Å². The Morgan fingerprint density at radius 3 is 2.60 bits per heavy atom. The van der Waals surface area contributed by atoms with E-state index >= 15 is 0 Å². The number of nitrogens with zero attached hydrogens (tertiary/aromatic N) is 2. The van der Waals surface area contributed by atoms with Gasteiger partial charge in [-0.25, -0.2) is 4.98 Å². The van der Waals surface area contributed by atoms with Crippen LogP contribution >= 0.6 is 11.5 Å².